The van der Waals surface area contributed by atoms with Crippen LogP contribution in [0.15, 0.2) is 12.1 Å². The molecule has 20 heavy (non-hydrogen) atoms. The average molecular weight is 299 g/mol. The predicted molar refractivity (Wildman–Crippen MR) is 75.9 cm³/mol. The van der Waals surface area contributed by atoms with Crippen LogP contribution < -0.4 is 0 Å². The van der Waals surface area contributed by atoms with Gasteiger partial charge in [0.25, 0.3) is 0 Å². The number of alkyl halides is 1. The monoisotopic (exact) mass is 298 g/mol. The van der Waals surface area contributed by atoms with Gasteiger partial charge in [0.05, 0.1) is 10.9 Å². The number of nitrogens with zero attached hydrogens (tertiary/aromatic N) is 2. The molecular formula is C15H17ClF2N2. The Morgan fingerprint density at radius 2 is 2.15 bits per heavy atom. The van der Waals surface area contributed by atoms with Crippen molar-refractivity contribution in [1.29, 1.82) is 0 Å². The third-order valence-corrected chi connectivity index (χ3v) is 4.04. The lowest BCUT2D eigenvalue weighted by atomic mass is 10.2. The zero-order valence-corrected chi connectivity index (χ0v) is 12.1. The highest BCUT2D eigenvalue weighted by Crippen LogP contribution is 2.34. The first-order valence-corrected chi connectivity index (χ1v) is 7.49. The second-order valence-electron chi connectivity index (χ2n) is 5.58. The number of hydrogen-bond acceptors (Lipinski definition) is 1. The van der Waals surface area contributed by atoms with Gasteiger partial charge in [-0.05, 0) is 31.7 Å². The van der Waals surface area contributed by atoms with E-state index in [0.717, 1.165) is 24.8 Å². The summed E-state index contributed by atoms with van der Waals surface area (Å²) >= 11 is 6.13. The highest BCUT2D eigenvalue weighted by atomic mass is 35.5. The quantitative estimate of drug-likeness (QED) is 0.725. The van der Waals surface area contributed by atoms with Gasteiger partial charge in [-0.3, -0.25) is 0 Å². The molecule has 0 radical (unpaired) electrons. The van der Waals surface area contributed by atoms with Crippen LogP contribution in [0, 0.1) is 17.6 Å². The van der Waals surface area contributed by atoms with Crippen LogP contribution in [0.4, 0.5) is 8.78 Å². The fourth-order valence-electron chi connectivity index (χ4n) is 2.65. The van der Waals surface area contributed by atoms with Gasteiger partial charge in [0, 0.05) is 12.6 Å². The summed E-state index contributed by atoms with van der Waals surface area (Å²) in [5, 5.41) is -0.328. The molecule has 1 unspecified atom stereocenters. The molecule has 2 nitrogen and oxygen atoms in total. The van der Waals surface area contributed by atoms with E-state index in [2.05, 4.69) is 4.98 Å². The van der Waals surface area contributed by atoms with Crippen molar-refractivity contribution in [3.63, 3.8) is 0 Å². The van der Waals surface area contributed by atoms with E-state index in [0.29, 0.717) is 17.9 Å². The number of aryl methyl sites for hydroxylation is 1. The molecule has 1 aromatic heterocycles. The number of benzene rings is 1. The SMILES string of the molecule is CC(Cl)c1nc2c(F)cc(F)cc2n1CCCC1CC1. The summed E-state index contributed by atoms with van der Waals surface area (Å²) in [7, 11) is 0. The molecule has 0 amide bonds. The molecule has 1 aliphatic carbocycles. The van der Waals surface area contributed by atoms with E-state index >= 15 is 0 Å². The maximum absolute atomic E-state index is 13.8. The van der Waals surface area contributed by atoms with Crippen molar-refractivity contribution in [1.82, 2.24) is 9.55 Å². The molecule has 1 atom stereocenters. The molecule has 5 heteroatoms. The molecule has 0 bridgehead atoms. The van der Waals surface area contributed by atoms with Gasteiger partial charge in [0.2, 0.25) is 0 Å². The van der Waals surface area contributed by atoms with E-state index in [1.54, 1.807) is 6.92 Å². The first-order valence-electron chi connectivity index (χ1n) is 7.05. The molecule has 0 aliphatic heterocycles. The Morgan fingerprint density at radius 1 is 1.40 bits per heavy atom. The molecule has 0 saturated heterocycles. The third-order valence-electron chi connectivity index (χ3n) is 3.85. The van der Waals surface area contributed by atoms with E-state index in [4.69, 9.17) is 11.6 Å². The summed E-state index contributed by atoms with van der Waals surface area (Å²) in [6.45, 7) is 2.51. The van der Waals surface area contributed by atoms with E-state index in [-0.39, 0.29) is 10.9 Å². The van der Waals surface area contributed by atoms with Gasteiger partial charge in [0.1, 0.15) is 17.2 Å². The number of aromatic nitrogens is 2. The summed E-state index contributed by atoms with van der Waals surface area (Å²) in [6.07, 6.45) is 4.78. The van der Waals surface area contributed by atoms with Gasteiger partial charge in [0.15, 0.2) is 5.82 Å². The molecule has 0 spiro atoms. The number of fused-ring (bicyclic) bond motifs is 1. The van der Waals surface area contributed by atoms with E-state index < -0.39 is 11.6 Å². The fraction of sp³-hybridized carbons (Fsp3) is 0.533. The minimum Gasteiger partial charge on any atom is -0.327 e. The summed E-state index contributed by atoms with van der Waals surface area (Å²) in [6, 6.07) is 2.21. The van der Waals surface area contributed by atoms with E-state index in [1.165, 1.54) is 18.9 Å². The van der Waals surface area contributed by atoms with E-state index in [9.17, 15) is 8.78 Å². The molecule has 1 heterocycles. The normalized spacial score (nSPS) is 16.8. The largest absolute Gasteiger partial charge is 0.327 e. The summed E-state index contributed by atoms with van der Waals surface area (Å²) in [5.74, 6) is 0.253. The Kier molecular flexibility index (Phi) is 3.67. The number of rotatable bonds is 5. The van der Waals surface area contributed by atoms with Gasteiger partial charge in [-0.15, -0.1) is 11.6 Å². The number of hydrogen-bond donors (Lipinski definition) is 0. The average Bonchev–Trinajstić information content (AvgIpc) is 3.11. The number of halogens is 3. The van der Waals surface area contributed by atoms with Crippen LogP contribution >= 0.6 is 11.6 Å². The lowest BCUT2D eigenvalue weighted by Gasteiger charge is -2.10. The summed E-state index contributed by atoms with van der Waals surface area (Å²) in [5.41, 5.74) is 0.709. The molecule has 3 rings (SSSR count). The standard InChI is InChI=1S/C15H17ClF2N2/c1-9(16)15-19-14-12(18)7-11(17)8-13(14)20(15)6-2-3-10-4-5-10/h7-10H,2-6H2,1H3. The first kappa shape index (κ1) is 13.8. The minimum absolute atomic E-state index is 0.209. The smallest absolute Gasteiger partial charge is 0.153 e. The number of imidazole rings is 1. The van der Waals surface area contributed by atoms with Crippen LogP contribution in [0.1, 0.15) is 43.8 Å². The fourth-order valence-corrected chi connectivity index (χ4v) is 2.82. The van der Waals surface area contributed by atoms with Crippen LogP contribution in [0.25, 0.3) is 11.0 Å². The summed E-state index contributed by atoms with van der Waals surface area (Å²) < 4.78 is 29.1. The zero-order chi connectivity index (χ0) is 14.3. The zero-order valence-electron chi connectivity index (χ0n) is 11.4. The predicted octanol–water partition coefficient (Wildman–Crippen LogP) is 4.80. The third kappa shape index (κ3) is 2.66. The van der Waals surface area contributed by atoms with Crippen LogP contribution in [0.2, 0.25) is 0 Å². The van der Waals surface area contributed by atoms with Gasteiger partial charge in [-0.2, -0.15) is 0 Å². The molecule has 1 saturated carbocycles. The van der Waals surface area contributed by atoms with Crippen molar-refractivity contribution in [2.45, 2.75) is 44.5 Å². The maximum atomic E-state index is 13.8. The maximum Gasteiger partial charge on any atom is 0.153 e. The molecular weight excluding hydrogens is 282 g/mol. The molecule has 1 fully saturated rings. The highest BCUT2D eigenvalue weighted by Gasteiger charge is 2.22. The van der Waals surface area contributed by atoms with Crippen molar-refractivity contribution in [3.8, 4) is 0 Å². The Morgan fingerprint density at radius 3 is 2.80 bits per heavy atom. The molecule has 108 valence electrons. The lowest BCUT2D eigenvalue weighted by molar-refractivity contribution is 0.566. The lowest BCUT2D eigenvalue weighted by Crippen LogP contribution is -2.05. The Balaban J connectivity index is 1.98. The minimum atomic E-state index is -0.625. The van der Waals surface area contributed by atoms with Gasteiger partial charge < -0.3 is 4.57 Å². The van der Waals surface area contributed by atoms with Crippen LogP contribution in [0.3, 0.4) is 0 Å². The van der Waals surface area contributed by atoms with Gasteiger partial charge in [-0.1, -0.05) is 12.8 Å². The second kappa shape index (κ2) is 5.32. The van der Waals surface area contributed by atoms with Gasteiger partial charge >= 0.3 is 0 Å². The molecule has 0 N–H and O–H groups in total. The van der Waals surface area contributed by atoms with Crippen LogP contribution in [-0.4, -0.2) is 9.55 Å². The Bertz CT molecular complexity index is 632. The van der Waals surface area contributed by atoms with Gasteiger partial charge in [-0.25, -0.2) is 13.8 Å². The Hall–Kier alpha value is -1.16. The van der Waals surface area contributed by atoms with E-state index in [1.807, 2.05) is 4.57 Å². The van der Waals surface area contributed by atoms with Crippen molar-refractivity contribution >= 4 is 22.6 Å². The van der Waals surface area contributed by atoms with Crippen molar-refractivity contribution in [2.75, 3.05) is 0 Å². The summed E-state index contributed by atoms with van der Waals surface area (Å²) in [4.78, 5) is 4.26. The van der Waals surface area contributed by atoms with Crippen molar-refractivity contribution in [2.24, 2.45) is 5.92 Å². The molecule has 2 aromatic rings. The topological polar surface area (TPSA) is 17.8 Å². The van der Waals surface area contributed by atoms with Crippen LogP contribution in [-0.2, 0) is 6.54 Å². The Labute approximate surface area is 121 Å². The van der Waals surface area contributed by atoms with Crippen LogP contribution in [0.5, 0.6) is 0 Å². The second-order valence-corrected chi connectivity index (χ2v) is 6.23. The highest BCUT2D eigenvalue weighted by molar-refractivity contribution is 6.20. The molecule has 1 aromatic carbocycles. The van der Waals surface area contributed by atoms with Crippen molar-refractivity contribution < 1.29 is 8.78 Å². The first-order chi connectivity index (χ1) is 9.56. The molecule has 1 aliphatic rings. The van der Waals surface area contributed by atoms with Crippen molar-refractivity contribution in [3.05, 3.63) is 29.6 Å².